The fourth-order valence-corrected chi connectivity index (χ4v) is 3.58. The van der Waals surface area contributed by atoms with Crippen LogP contribution in [0.15, 0.2) is 78.9 Å². The molecule has 0 unspecified atom stereocenters. The van der Waals surface area contributed by atoms with Crippen molar-refractivity contribution in [3.05, 3.63) is 90.0 Å². The highest BCUT2D eigenvalue weighted by molar-refractivity contribution is 5.81. The quantitative estimate of drug-likeness (QED) is 0.350. The van der Waals surface area contributed by atoms with Gasteiger partial charge < -0.3 is 4.98 Å². The fourth-order valence-electron chi connectivity index (χ4n) is 3.58. The molecule has 3 aromatic carbocycles. The van der Waals surface area contributed by atoms with Gasteiger partial charge in [0.25, 0.3) is 0 Å². The Kier molecular flexibility index (Phi) is 7.46. The molecule has 0 aliphatic heterocycles. The minimum absolute atomic E-state index is 0.520. The molecule has 0 fully saturated rings. The van der Waals surface area contributed by atoms with Crippen molar-refractivity contribution >= 4 is 0 Å². The lowest BCUT2D eigenvalue weighted by Gasteiger charge is -2.09. The van der Waals surface area contributed by atoms with Crippen LogP contribution in [0.1, 0.15) is 64.5 Å². The summed E-state index contributed by atoms with van der Waals surface area (Å²) in [6.07, 6.45) is 0. The van der Waals surface area contributed by atoms with Gasteiger partial charge >= 0.3 is 0 Å². The Morgan fingerprint density at radius 2 is 1.06 bits per heavy atom. The Bertz CT molecular complexity index is 1000. The number of H-pyrrole nitrogens is 1. The van der Waals surface area contributed by atoms with Crippen LogP contribution in [0.2, 0.25) is 0 Å². The average Bonchev–Trinajstić information content (AvgIpc) is 3.26. The predicted octanol–water partition coefficient (Wildman–Crippen LogP) is 8.68. The number of nitrogens with zero attached hydrogens (tertiary/aromatic N) is 1. The maximum absolute atomic E-state index is 5.00. The van der Waals surface area contributed by atoms with E-state index in [1.165, 1.54) is 11.1 Å². The van der Waals surface area contributed by atoms with E-state index in [2.05, 4.69) is 93.3 Å². The normalized spacial score (nSPS) is 10.8. The molecule has 1 N–H and O–H groups in total. The highest BCUT2D eigenvalue weighted by Gasteiger charge is 2.16. The van der Waals surface area contributed by atoms with E-state index in [0.717, 1.165) is 33.9 Å². The molecule has 0 aliphatic carbocycles. The Labute approximate surface area is 187 Å². The molecule has 0 spiro atoms. The van der Waals surface area contributed by atoms with Crippen LogP contribution in [-0.2, 0) is 0 Å². The number of imidazole rings is 1. The van der Waals surface area contributed by atoms with E-state index < -0.39 is 0 Å². The molecule has 2 heteroatoms. The molecule has 0 bridgehead atoms. The number of rotatable bonds is 5. The first-order chi connectivity index (χ1) is 15.0. The van der Waals surface area contributed by atoms with Gasteiger partial charge in [0, 0.05) is 16.7 Å². The van der Waals surface area contributed by atoms with Crippen molar-refractivity contribution < 1.29 is 0 Å². The number of nitrogens with one attached hydrogen (secondary N) is 1. The first kappa shape index (κ1) is 22.6. The lowest BCUT2D eigenvalue weighted by atomic mass is 9.97. The van der Waals surface area contributed by atoms with Gasteiger partial charge in [-0.1, -0.05) is 120 Å². The number of hydrogen-bond acceptors (Lipinski definition) is 1. The van der Waals surface area contributed by atoms with Gasteiger partial charge in [0.2, 0.25) is 0 Å². The molecule has 0 radical (unpaired) electrons. The third-order valence-corrected chi connectivity index (χ3v) is 5.47. The zero-order chi connectivity index (χ0) is 22.4. The summed E-state index contributed by atoms with van der Waals surface area (Å²) in [5, 5.41) is 0. The zero-order valence-corrected chi connectivity index (χ0v) is 19.6. The summed E-state index contributed by atoms with van der Waals surface area (Å²) in [5.74, 6) is 1.94. The molecule has 160 valence electrons. The van der Waals surface area contributed by atoms with E-state index in [1.54, 1.807) is 0 Å². The summed E-state index contributed by atoms with van der Waals surface area (Å²) in [6, 6.07) is 27.9. The summed E-state index contributed by atoms with van der Waals surface area (Å²) >= 11 is 0. The molecule has 1 aromatic heterocycles. The maximum Gasteiger partial charge on any atom is 0.138 e. The summed E-state index contributed by atoms with van der Waals surface area (Å²) in [5.41, 5.74) is 8.14. The Morgan fingerprint density at radius 1 is 0.581 bits per heavy atom. The average molecular weight is 411 g/mol. The molecule has 4 rings (SSSR count). The molecule has 4 aromatic rings. The van der Waals surface area contributed by atoms with Crippen LogP contribution in [0, 0.1) is 0 Å². The summed E-state index contributed by atoms with van der Waals surface area (Å²) < 4.78 is 0. The van der Waals surface area contributed by atoms with E-state index in [1.807, 2.05) is 32.0 Å². The van der Waals surface area contributed by atoms with Gasteiger partial charge in [-0.25, -0.2) is 4.98 Å². The largest absolute Gasteiger partial charge is 0.337 e. The van der Waals surface area contributed by atoms with Crippen LogP contribution in [-0.4, -0.2) is 9.97 Å². The molecule has 0 atom stereocenters. The van der Waals surface area contributed by atoms with Crippen molar-refractivity contribution in [1.29, 1.82) is 0 Å². The Balaban J connectivity index is 0.00000132. The Morgan fingerprint density at radius 3 is 1.55 bits per heavy atom. The third-order valence-electron chi connectivity index (χ3n) is 5.47. The lowest BCUT2D eigenvalue weighted by molar-refractivity contribution is 0.867. The number of hydrogen-bond donors (Lipinski definition) is 1. The summed E-state index contributed by atoms with van der Waals surface area (Å²) in [4.78, 5) is 8.59. The molecule has 0 saturated carbocycles. The fraction of sp³-hybridized carbons (Fsp3) is 0.276. The van der Waals surface area contributed by atoms with Gasteiger partial charge in [-0.15, -0.1) is 0 Å². The van der Waals surface area contributed by atoms with E-state index in [0.29, 0.717) is 11.8 Å². The predicted molar refractivity (Wildman–Crippen MR) is 134 cm³/mol. The van der Waals surface area contributed by atoms with Gasteiger partial charge in [0.05, 0.1) is 11.4 Å². The molecule has 0 amide bonds. The van der Waals surface area contributed by atoms with Crippen molar-refractivity contribution in [3.63, 3.8) is 0 Å². The second-order valence-electron chi connectivity index (χ2n) is 8.23. The molecule has 1 heterocycles. The topological polar surface area (TPSA) is 28.7 Å². The van der Waals surface area contributed by atoms with Crippen LogP contribution >= 0.6 is 0 Å². The second kappa shape index (κ2) is 10.3. The van der Waals surface area contributed by atoms with Crippen LogP contribution in [0.4, 0.5) is 0 Å². The number of aromatic amines is 1. The van der Waals surface area contributed by atoms with E-state index >= 15 is 0 Å². The van der Waals surface area contributed by atoms with Gasteiger partial charge in [-0.2, -0.15) is 0 Å². The van der Waals surface area contributed by atoms with Gasteiger partial charge in [-0.3, -0.25) is 0 Å². The SMILES string of the molecule is CC.CC(C)c1ccc(-c2nc(-c3ccccc3)[nH]c2-c2ccc(C(C)C)cc2)cc1. The van der Waals surface area contributed by atoms with Gasteiger partial charge in [0.1, 0.15) is 5.82 Å². The minimum Gasteiger partial charge on any atom is -0.337 e. The van der Waals surface area contributed by atoms with Crippen molar-refractivity contribution in [2.24, 2.45) is 0 Å². The molecule has 0 aliphatic rings. The lowest BCUT2D eigenvalue weighted by Crippen LogP contribution is -1.89. The smallest absolute Gasteiger partial charge is 0.138 e. The van der Waals surface area contributed by atoms with E-state index in [-0.39, 0.29) is 0 Å². The highest BCUT2D eigenvalue weighted by Crippen LogP contribution is 2.34. The molecule has 2 nitrogen and oxygen atoms in total. The monoisotopic (exact) mass is 410 g/mol. The van der Waals surface area contributed by atoms with Gasteiger partial charge in [-0.05, 0) is 23.0 Å². The van der Waals surface area contributed by atoms with Crippen molar-refractivity contribution in [2.45, 2.75) is 53.4 Å². The van der Waals surface area contributed by atoms with E-state index in [9.17, 15) is 0 Å². The second-order valence-corrected chi connectivity index (χ2v) is 8.23. The van der Waals surface area contributed by atoms with Gasteiger partial charge in [0.15, 0.2) is 0 Å². The van der Waals surface area contributed by atoms with Crippen molar-refractivity contribution in [1.82, 2.24) is 9.97 Å². The summed E-state index contributed by atoms with van der Waals surface area (Å²) in [7, 11) is 0. The van der Waals surface area contributed by atoms with Crippen molar-refractivity contribution in [3.8, 4) is 33.9 Å². The standard InChI is InChI=1S/C27H28N2.C2H6/c1-18(2)20-10-14-22(15-11-20)25-26(23-16-12-21(13-17-23)19(3)4)29-27(28-25)24-8-6-5-7-9-24;1-2/h5-19H,1-4H3,(H,28,29);1-2H3. The Hall–Kier alpha value is -3.13. The number of benzene rings is 3. The summed E-state index contributed by atoms with van der Waals surface area (Å²) in [6.45, 7) is 12.9. The zero-order valence-electron chi connectivity index (χ0n) is 19.6. The molecular weight excluding hydrogens is 376 g/mol. The van der Waals surface area contributed by atoms with Crippen LogP contribution in [0.5, 0.6) is 0 Å². The maximum atomic E-state index is 5.00. The highest BCUT2D eigenvalue weighted by atomic mass is 14.9. The van der Waals surface area contributed by atoms with Crippen LogP contribution in [0.3, 0.4) is 0 Å². The van der Waals surface area contributed by atoms with E-state index in [4.69, 9.17) is 4.98 Å². The molecule has 0 saturated heterocycles. The molecular formula is C29H34N2. The minimum atomic E-state index is 0.520. The first-order valence-corrected chi connectivity index (χ1v) is 11.4. The van der Waals surface area contributed by atoms with Crippen molar-refractivity contribution in [2.75, 3.05) is 0 Å². The number of aromatic nitrogens is 2. The molecule has 31 heavy (non-hydrogen) atoms. The third kappa shape index (κ3) is 5.14. The first-order valence-electron chi connectivity index (χ1n) is 11.4. The van der Waals surface area contributed by atoms with Crippen LogP contribution in [0.25, 0.3) is 33.9 Å². The van der Waals surface area contributed by atoms with Crippen LogP contribution < -0.4 is 0 Å².